The van der Waals surface area contributed by atoms with Crippen molar-refractivity contribution < 1.29 is 4.65 Å². The molecule has 1 aliphatic heterocycles. The van der Waals surface area contributed by atoms with Crippen molar-refractivity contribution in [2.24, 2.45) is 0 Å². The summed E-state index contributed by atoms with van der Waals surface area (Å²) in [6, 6.07) is 17.1. The Kier molecular flexibility index (Phi) is 2.98. The quantitative estimate of drug-likeness (QED) is 0.569. The zero-order valence-electron chi connectivity index (χ0n) is 10.5. The topological polar surface area (TPSA) is 9.23 Å². The molecule has 2 aromatic carbocycles. The van der Waals surface area contributed by atoms with Crippen molar-refractivity contribution in [3.63, 3.8) is 0 Å². The highest BCUT2D eigenvalue weighted by molar-refractivity contribution is 14.1. The van der Waals surface area contributed by atoms with Crippen LogP contribution in [0.4, 0.5) is 0 Å². The van der Waals surface area contributed by atoms with Crippen LogP contribution >= 0.6 is 22.6 Å². The fourth-order valence-electron chi connectivity index (χ4n) is 2.61. The van der Waals surface area contributed by atoms with Gasteiger partial charge in [-0.1, -0.05) is 42.5 Å². The van der Waals surface area contributed by atoms with Gasteiger partial charge in [0.1, 0.15) is 0 Å². The van der Waals surface area contributed by atoms with Crippen molar-refractivity contribution in [3.05, 3.63) is 57.7 Å². The molecule has 1 heterocycles. The fraction of sp³-hybridized carbons (Fsp3) is 0.200. The minimum atomic E-state index is -0.206. The van der Waals surface area contributed by atoms with E-state index in [1.165, 1.54) is 20.1 Å². The number of benzene rings is 2. The average Bonchev–Trinajstić information content (AvgIpc) is 2.63. The standard InChI is InChI=1S/C15H14BIO/c1-15(2)13-8-3-4-9-14(13)16(18-15)11-6-5-7-12(17)10-11/h3-10H,1-2H3. The Bertz CT molecular complexity index is 595. The summed E-state index contributed by atoms with van der Waals surface area (Å²) in [5.41, 5.74) is 3.63. The maximum absolute atomic E-state index is 6.26. The first-order valence-electron chi connectivity index (χ1n) is 6.10. The number of hydrogen-bond acceptors (Lipinski definition) is 1. The van der Waals surface area contributed by atoms with E-state index in [1.807, 2.05) is 0 Å². The van der Waals surface area contributed by atoms with E-state index in [2.05, 4.69) is 85.0 Å². The maximum atomic E-state index is 6.26. The van der Waals surface area contributed by atoms with E-state index in [0.717, 1.165) is 0 Å². The lowest BCUT2D eigenvalue weighted by molar-refractivity contribution is 0.126. The molecule has 0 atom stereocenters. The second-order valence-electron chi connectivity index (χ2n) is 5.15. The van der Waals surface area contributed by atoms with Gasteiger partial charge in [0, 0.05) is 3.57 Å². The molecule has 0 spiro atoms. The fourth-order valence-corrected chi connectivity index (χ4v) is 3.18. The normalized spacial score (nSPS) is 16.7. The number of fused-ring (bicyclic) bond motifs is 1. The lowest BCUT2D eigenvalue weighted by Crippen LogP contribution is -2.41. The smallest absolute Gasteiger partial charge is 0.362 e. The number of halogens is 1. The molecular weight excluding hydrogens is 334 g/mol. The predicted octanol–water partition coefficient (Wildman–Crippen LogP) is 2.66. The van der Waals surface area contributed by atoms with Crippen LogP contribution in [-0.2, 0) is 10.3 Å². The van der Waals surface area contributed by atoms with Crippen LogP contribution in [0.1, 0.15) is 19.4 Å². The maximum Gasteiger partial charge on any atom is 0.362 e. The first-order valence-corrected chi connectivity index (χ1v) is 7.18. The molecule has 0 aromatic heterocycles. The van der Waals surface area contributed by atoms with Gasteiger partial charge < -0.3 is 4.65 Å². The van der Waals surface area contributed by atoms with E-state index in [-0.39, 0.29) is 12.5 Å². The zero-order valence-corrected chi connectivity index (χ0v) is 12.6. The largest absolute Gasteiger partial charge is 0.418 e. The molecule has 0 N–H and O–H groups in total. The van der Waals surface area contributed by atoms with Crippen molar-refractivity contribution in [2.45, 2.75) is 19.4 Å². The first kappa shape index (κ1) is 12.2. The Morgan fingerprint density at radius 1 is 1.06 bits per heavy atom. The minimum absolute atomic E-state index is 0.0610. The Balaban J connectivity index is 2.11. The number of hydrogen-bond donors (Lipinski definition) is 0. The van der Waals surface area contributed by atoms with Crippen molar-refractivity contribution >= 4 is 40.4 Å². The van der Waals surface area contributed by atoms with Crippen LogP contribution in [0, 0.1) is 3.57 Å². The molecule has 0 amide bonds. The van der Waals surface area contributed by atoms with Gasteiger partial charge in [-0.15, -0.1) is 0 Å². The summed E-state index contributed by atoms with van der Waals surface area (Å²) in [6.07, 6.45) is 0. The van der Waals surface area contributed by atoms with Crippen LogP contribution in [0.25, 0.3) is 0 Å². The zero-order chi connectivity index (χ0) is 12.8. The van der Waals surface area contributed by atoms with Crippen LogP contribution in [0.3, 0.4) is 0 Å². The Hall–Kier alpha value is -0.805. The number of rotatable bonds is 1. The highest BCUT2D eigenvalue weighted by atomic mass is 127. The van der Waals surface area contributed by atoms with Gasteiger partial charge in [-0.2, -0.15) is 0 Å². The van der Waals surface area contributed by atoms with Gasteiger partial charge in [0.15, 0.2) is 0 Å². The molecule has 0 radical (unpaired) electrons. The molecule has 1 nitrogen and oxygen atoms in total. The Labute approximate surface area is 122 Å². The summed E-state index contributed by atoms with van der Waals surface area (Å²) in [5.74, 6) is 0. The third kappa shape index (κ3) is 1.99. The molecular formula is C15H14BIO. The van der Waals surface area contributed by atoms with Crippen molar-refractivity contribution in [2.75, 3.05) is 0 Å². The van der Waals surface area contributed by atoms with Gasteiger partial charge in [-0.05, 0) is 59.0 Å². The van der Waals surface area contributed by atoms with Crippen LogP contribution in [-0.4, -0.2) is 6.92 Å². The van der Waals surface area contributed by atoms with Crippen LogP contribution in [0.2, 0.25) is 0 Å². The van der Waals surface area contributed by atoms with Gasteiger partial charge in [0.2, 0.25) is 0 Å². The first-order chi connectivity index (χ1) is 8.58. The van der Waals surface area contributed by atoms with E-state index in [0.29, 0.717) is 0 Å². The van der Waals surface area contributed by atoms with Crippen molar-refractivity contribution in [1.82, 2.24) is 0 Å². The average molecular weight is 348 g/mol. The monoisotopic (exact) mass is 348 g/mol. The van der Waals surface area contributed by atoms with Crippen LogP contribution in [0.15, 0.2) is 48.5 Å². The van der Waals surface area contributed by atoms with E-state index >= 15 is 0 Å². The molecule has 0 unspecified atom stereocenters. The summed E-state index contributed by atoms with van der Waals surface area (Å²) in [7, 11) is 0. The third-order valence-electron chi connectivity index (χ3n) is 3.46. The lowest BCUT2D eigenvalue weighted by Gasteiger charge is -2.21. The van der Waals surface area contributed by atoms with Gasteiger partial charge in [-0.3, -0.25) is 0 Å². The molecule has 0 aliphatic carbocycles. The van der Waals surface area contributed by atoms with Gasteiger partial charge >= 0.3 is 6.92 Å². The van der Waals surface area contributed by atoms with E-state index in [4.69, 9.17) is 4.65 Å². The second-order valence-corrected chi connectivity index (χ2v) is 6.40. The van der Waals surface area contributed by atoms with E-state index in [9.17, 15) is 0 Å². The molecule has 1 aliphatic rings. The van der Waals surface area contributed by atoms with Crippen molar-refractivity contribution in [1.29, 1.82) is 0 Å². The SMILES string of the molecule is CC1(C)OB(c2cccc(I)c2)c2ccccc21. The molecule has 3 rings (SSSR count). The van der Waals surface area contributed by atoms with Gasteiger partial charge in [0.05, 0.1) is 5.60 Å². The molecule has 90 valence electrons. The molecule has 3 heteroatoms. The van der Waals surface area contributed by atoms with E-state index < -0.39 is 0 Å². The molecule has 0 bridgehead atoms. The second kappa shape index (κ2) is 4.39. The summed E-state index contributed by atoms with van der Waals surface area (Å²) >= 11 is 2.34. The summed E-state index contributed by atoms with van der Waals surface area (Å²) < 4.78 is 7.50. The minimum Gasteiger partial charge on any atom is -0.418 e. The Morgan fingerprint density at radius 2 is 1.83 bits per heavy atom. The summed E-state index contributed by atoms with van der Waals surface area (Å²) in [6.45, 7) is 4.34. The van der Waals surface area contributed by atoms with Crippen molar-refractivity contribution in [3.8, 4) is 0 Å². The molecule has 0 fully saturated rings. The van der Waals surface area contributed by atoms with Crippen LogP contribution < -0.4 is 10.9 Å². The summed E-state index contributed by atoms with van der Waals surface area (Å²) in [4.78, 5) is 0. The molecule has 2 aromatic rings. The predicted molar refractivity (Wildman–Crippen MR) is 84.7 cm³/mol. The Morgan fingerprint density at radius 3 is 2.61 bits per heavy atom. The van der Waals surface area contributed by atoms with Gasteiger partial charge in [-0.25, -0.2) is 0 Å². The highest BCUT2D eigenvalue weighted by Crippen LogP contribution is 2.29. The molecule has 0 saturated carbocycles. The summed E-state index contributed by atoms with van der Waals surface area (Å²) in [5, 5.41) is 0. The van der Waals surface area contributed by atoms with Crippen LogP contribution in [0.5, 0.6) is 0 Å². The highest BCUT2D eigenvalue weighted by Gasteiger charge is 2.40. The lowest BCUT2D eigenvalue weighted by atomic mass is 9.56. The molecule has 0 saturated heterocycles. The molecule has 18 heavy (non-hydrogen) atoms. The third-order valence-corrected chi connectivity index (χ3v) is 4.13. The van der Waals surface area contributed by atoms with Gasteiger partial charge in [0.25, 0.3) is 0 Å². The van der Waals surface area contributed by atoms with E-state index in [1.54, 1.807) is 0 Å².